The van der Waals surface area contributed by atoms with Crippen LogP contribution in [0.3, 0.4) is 0 Å². The highest BCUT2D eigenvalue weighted by molar-refractivity contribution is 5.99. The predicted molar refractivity (Wildman–Crippen MR) is 93.6 cm³/mol. The van der Waals surface area contributed by atoms with Crippen molar-refractivity contribution in [3.63, 3.8) is 0 Å². The predicted octanol–water partition coefficient (Wildman–Crippen LogP) is 3.66. The van der Waals surface area contributed by atoms with Crippen molar-refractivity contribution in [1.82, 2.24) is 0 Å². The van der Waals surface area contributed by atoms with Gasteiger partial charge in [-0.05, 0) is 60.9 Å². The maximum absolute atomic E-state index is 13.0. The van der Waals surface area contributed by atoms with Gasteiger partial charge in [0, 0.05) is 23.8 Å². The van der Waals surface area contributed by atoms with E-state index in [1.807, 2.05) is 23.1 Å². The molecule has 1 aliphatic heterocycles. The quantitative estimate of drug-likeness (QED) is 0.861. The highest BCUT2D eigenvalue weighted by atomic mass is 16.2. The van der Waals surface area contributed by atoms with Gasteiger partial charge in [-0.15, -0.1) is 0 Å². The summed E-state index contributed by atoms with van der Waals surface area (Å²) in [7, 11) is 0. The second-order valence-electron chi connectivity index (χ2n) is 6.74. The van der Waals surface area contributed by atoms with E-state index in [-0.39, 0.29) is 11.8 Å². The Balaban J connectivity index is 1.59. The van der Waals surface area contributed by atoms with E-state index in [0.717, 1.165) is 42.7 Å². The monoisotopic (exact) mass is 306 g/mol. The first-order valence-electron chi connectivity index (χ1n) is 8.41. The maximum Gasteiger partial charge on any atom is 0.230 e. The van der Waals surface area contributed by atoms with Gasteiger partial charge in [0.2, 0.25) is 5.91 Å². The Morgan fingerprint density at radius 2 is 2.00 bits per heavy atom. The molecule has 1 saturated carbocycles. The van der Waals surface area contributed by atoms with Crippen molar-refractivity contribution in [2.45, 2.75) is 32.1 Å². The second-order valence-corrected chi connectivity index (χ2v) is 6.74. The van der Waals surface area contributed by atoms with Crippen molar-refractivity contribution in [2.75, 3.05) is 17.2 Å². The molecule has 2 unspecified atom stereocenters. The molecule has 1 aliphatic carbocycles. The first-order chi connectivity index (χ1) is 11.2. The van der Waals surface area contributed by atoms with Crippen LogP contribution in [0.1, 0.15) is 35.4 Å². The van der Waals surface area contributed by atoms with Crippen molar-refractivity contribution in [3.8, 4) is 0 Å². The van der Waals surface area contributed by atoms with Gasteiger partial charge < -0.3 is 10.6 Å². The molecule has 1 amide bonds. The number of amides is 1. The molecule has 23 heavy (non-hydrogen) atoms. The lowest BCUT2D eigenvalue weighted by atomic mass is 9.98. The van der Waals surface area contributed by atoms with Gasteiger partial charge in [0.15, 0.2) is 0 Å². The average Bonchev–Trinajstić information content (AvgIpc) is 3.35. The van der Waals surface area contributed by atoms with Crippen LogP contribution in [0, 0.1) is 12.8 Å². The molecule has 0 bridgehead atoms. The zero-order valence-electron chi connectivity index (χ0n) is 13.5. The number of carbonyl (C=O) groups is 1. The number of aryl methyl sites for hydroxylation is 1. The van der Waals surface area contributed by atoms with E-state index < -0.39 is 0 Å². The highest BCUT2D eigenvalue weighted by Crippen LogP contribution is 2.50. The van der Waals surface area contributed by atoms with Crippen molar-refractivity contribution in [1.29, 1.82) is 0 Å². The number of rotatable bonds is 2. The third-order valence-corrected chi connectivity index (χ3v) is 5.25. The lowest BCUT2D eigenvalue weighted by Crippen LogP contribution is -2.37. The number of nitrogens with two attached hydrogens (primary N) is 1. The Bertz CT molecular complexity index is 768. The summed E-state index contributed by atoms with van der Waals surface area (Å²) in [5.41, 5.74) is 11.7. The summed E-state index contributed by atoms with van der Waals surface area (Å²) in [5.74, 6) is 0.781. The van der Waals surface area contributed by atoms with E-state index in [0.29, 0.717) is 5.92 Å². The molecule has 4 rings (SSSR count). The molecule has 3 nitrogen and oxygen atoms in total. The van der Waals surface area contributed by atoms with Crippen molar-refractivity contribution in [2.24, 2.45) is 5.92 Å². The average molecular weight is 306 g/mol. The molecule has 0 radical (unpaired) electrons. The molecule has 118 valence electrons. The lowest BCUT2D eigenvalue weighted by molar-refractivity contribution is -0.120. The second kappa shape index (κ2) is 5.41. The van der Waals surface area contributed by atoms with E-state index in [4.69, 9.17) is 5.73 Å². The van der Waals surface area contributed by atoms with Crippen molar-refractivity contribution >= 4 is 17.3 Å². The molecule has 3 heteroatoms. The van der Waals surface area contributed by atoms with Crippen LogP contribution in [-0.2, 0) is 11.2 Å². The van der Waals surface area contributed by atoms with Crippen LogP contribution < -0.4 is 10.6 Å². The summed E-state index contributed by atoms with van der Waals surface area (Å²) in [6, 6.07) is 14.3. The molecule has 1 heterocycles. The minimum Gasteiger partial charge on any atom is -0.398 e. The van der Waals surface area contributed by atoms with Gasteiger partial charge in [-0.1, -0.05) is 30.3 Å². The van der Waals surface area contributed by atoms with Gasteiger partial charge >= 0.3 is 0 Å². The van der Waals surface area contributed by atoms with Gasteiger partial charge in [0.1, 0.15) is 0 Å². The molecular weight excluding hydrogens is 284 g/mol. The summed E-state index contributed by atoms with van der Waals surface area (Å²) in [6.45, 7) is 2.94. The zero-order valence-corrected chi connectivity index (χ0v) is 13.5. The molecule has 0 aromatic heterocycles. The smallest absolute Gasteiger partial charge is 0.230 e. The summed E-state index contributed by atoms with van der Waals surface area (Å²) in [4.78, 5) is 15.0. The van der Waals surface area contributed by atoms with Crippen LogP contribution in [0.15, 0.2) is 42.5 Å². The molecule has 1 fully saturated rings. The van der Waals surface area contributed by atoms with Crippen LogP contribution in [-0.4, -0.2) is 12.5 Å². The Kier molecular flexibility index (Phi) is 3.37. The molecular formula is C20H22N2O. The Morgan fingerprint density at radius 3 is 2.83 bits per heavy atom. The minimum atomic E-state index is 0.128. The van der Waals surface area contributed by atoms with E-state index in [9.17, 15) is 4.79 Å². The fourth-order valence-electron chi connectivity index (χ4n) is 3.90. The molecule has 2 N–H and O–H groups in total. The summed E-state index contributed by atoms with van der Waals surface area (Å²) < 4.78 is 0. The third kappa shape index (κ3) is 2.40. The van der Waals surface area contributed by atoms with Gasteiger partial charge in [0.25, 0.3) is 0 Å². The SMILES string of the molecule is Cc1ccccc1C1CC1C(=O)N1CCCc2c(N)cccc21. The van der Waals surface area contributed by atoms with Gasteiger partial charge in [-0.2, -0.15) is 0 Å². The third-order valence-electron chi connectivity index (χ3n) is 5.25. The Labute approximate surface area is 137 Å². The summed E-state index contributed by atoms with van der Waals surface area (Å²) in [5, 5.41) is 0. The van der Waals surface area contributed by atoms with E-state index in [1.54, 1.807) is 0 Å². The first-order valence-corrected chi connectivity index (χ1v) is 8.41. The fourth-order valence-corrected chi connectivity index (χ4v) is 3.90. The number of fused-ring (bicyclic) bond motifs is 1. The highest BCUT2D eigenvalue weighted by Gasteiger charge is 2.47. The molecule has 2 aromatic carbocycles. The minimum absolute atomic E-state index is 0.128. The number of nitrogens with zero attached hydrogens (tertiary/aromatic N) is 1. The molecule has 0 saturated heterocycles. The Hall–Kier alpha value is -2.29. The number of carbonyl (C=O) groups excluding carboxylic acids is 1. The first kappa shape index (κ1) is 14.3. The van der Waals surface area contributed by atoms with Crippen LogP contribution >= 0.6 is 0 Å². The van der Waals surface area contributed by atoms with Crippen LogP contribution in [0.25, 0.3) is 0 Å². The van der Waals surface area contributed by atoms with Gasteiger partial charge in [0.05, 0.1) is 0 Å². The normalized spacial score (nSPS) is 22.6. The summed E-state index contributed by atoms with van der Waals surface area (Å²) >= 11 is 0. The van der Waals surface area contributed by atoms with Crippen molar-refractivity contribution in [3.05, 3.63) is 59.2 Å². The number of hydrogen-bond acceptors (Lipinski definition) is 2. The number of benzene rings is 2. The molecule has 2 atom stereocenters. The van der Waals surface area contributed by atoms with Crippen LogP contribution in [0.5, 0.6) is 0 Å². The standard InChI is InChI=1S/C20H22N2O/c1-13-6-2-3-7-14(13)16-12-17(16)20(23)22-11-5-8-15-18(21)9-4-10-19(15)22/h2-4,6-7,9-10,16-17H,5,8,11-12,21H2,1H3. The maximum atomic E-state index is 13.0. The summed E-state index contributed by atoms with van der Waals surface area (Å²) in [6.07, 6.45) is 2.93. The lowest BCUT2D eigenvalue weighted by Gasteiger charge is -2.30. The molecule has 2 aromatic rings. The van der Waals surface area contributed by atoms with E-state index in [2.05, 4.69) is 31.2 Å². The largest absolute Gasteiger partial charge is 0.398 e. The van der Waals surface area contributed by atoms with Gasteiger partial charge in [-0.25, -0.2) is 0 Å². The van der Waals surface area contributed by atoms with E-state index >= 15 is 0 Å². The number of nitrogen functional groups attached to an aromatic ring is 1. The number of anilines is 2. The van der Waals surface area contributed by atoms with Gasteiger partial charge in [-0.3, -0.25) is 4.79 Å². The Morgan fingerprint density at radius 1 is 1.17 bits per heavy atom. The van der Waals surface area contributed by atoms with Crippen LogP contribution in [0.4, 0.5) is 11.4 Å². The van der Waals surface area contributed by atoms with Crippen molar-refractivity contribution < 1.29 is 4.79 Å². The fraction of sp³-hybridized carbons (Fsp3) is 0.350. The molecule has 2 aliphatic rings. The topological polar surface area (TPSA) is 46.3 Å². The zero-order chi connectivity index (χ0) is 16.0. The molecule has 0 spiro atoms. The van der Waals surface area contributed by atoms with Crippen LogP contribution in [0.2, 0.25) is 0 Å². The van der Waals surface area contributed by atoms with E-state index in [1.165, 1.54) is 11.1 Å². The number of hydrogen-bond donors (Lipinski definition) is 1.